The second-order valence-corrected chi connectivity index (χ2v) is 6.27. The summed E-state index contributed by atoms with van der Waals surface area (Å²) in [6.07, 6.45) is 4.52. The van der Waals surface area contributed by atoms with Crippen LogP contribution in [0.4, 0.5) is 5.69 Å². The Balaban J connectivity index is 1.84. The van der Waals surface area contributed by atoms with E-state index in [0.29, 0.717) is 17.2 Å². The number of methoxy groups -OCH3 is 1. The number of nitrogens with zero attached hydrogens (tertiary/aromatic N) is 4. The molecule has 10 heteroatoms. The monoisotopic (exact) mass is 398 g/mol. The molecule has 0 aliphatic heterocycles. The maximum atomic E-state index is 12.8. The second-order valence-electron chi connectivity index (χ2n) is 6.27. The minimum atomic E-state index is -0.551. The van der Waals surface area contributed by atoms with Crippen LogP contribution in [0.5, 0.6) is 0 Å². The first-order chi connectivity index (χ1) is 13.8. The zero-order chi connectivity index (χ0) is 21.1. The SMILES string of the molecule is COC(=O)c1cc(CN(C)C(=O)c2ccc(-n3ccnc3)c([N+](=O)[O-])c2)oc1C. The average molecular weight is 398 g/mol. The van der Waals surface area contributed by atoms with E-state index in [0.717, 1.165) is 0 Å². The fraction of sp³-hybridized carbons (Fsp3) is 0.211. The van der Waals surface area contributed by atoms with Gasteiger partial charge in [-0.2, -0.15) is 0 Å². The predicted octanol–water partition coefficient (Wildman–Crippen LogP) is 2.74. The van der Waals surface area contributed by atoms with Gasteiger partial charge in [0.1, 0.15) is 22.8 Å². The number of aryl methyl sites for hydroxylation is 1. The number of nitro groups is 1. The van der Waals surface area contributed by atoms with Crippen molar-refractivity contribution in [2.24, 2.45) is 0 Å². The van der Waals surface area contributed by atoms with Crippen LogP contribution in [-0.4, -0.2) is 45.4 Å². The Morgan fingerprint density at radius 3 is 2.72 bits per heavy atom. The molecule has 0 radical (unpaired) electrons. The van der Waals surface area contributed by atoms with Gasteiger partial charge < -0.3 is 18.6 Å². The van der Waals surface area contributed by atoms with Crippen LogP contribution in [0, 0.1) is 17.0 Å². The van der Waals surface area contributed by atoms with Gasteiger partial charge in [0.25, 0.3) is 11.6 Å². The molecule has 0 unspecified atom stereocenters. The third-order valence-electron chi connectivity index (χ3n) is 4.32. The fourth-order valence-electron chi connectivity index (χ4n) is 2.88. The van der Waals surface area contributed by atoms with Gasteiger partial charge in [0.05, 0.1) is 24.9 Å². The van der Waals surface area contributed by atoms with Crippen molar-refractivity contribution in [3.8, 4) is 5.69 Å². The molecular weight excluding hydrogens is 380 g/mol. The number of aromatic nitrogens is 2. The summed E-state index contributed by atoms with van der Waals surface area (Å²) in [5, 5.41) is 11.5. The molecule has 0 saturated carbocycles. The Bertz CT molecular complexity index is 1070. The van der Waals surface area contributed by atoms with E-state index in [2.05, 4.69) is 9.72 Å². The smallest absolute Gasteiger partial charge is 0.341 e. The number of hydrogen-bond donors (Lipinski definition) is 0. The van der Waals surface area contributed by atoms with Crippen LogP contribution in [0.3, 0.4) is 0 Å². The Morgan fingerprint density at radius 1 is 1.34 bits per heavy atom. The summed E-state index contributed by atoms with van der Waals surface area (Å²) in [6, 6.07) is 5.73. The molecule has 0 atom stereocenters. The molecule has 0 aliphatic carbocycles. The van der Waals surface area contributed by atoms with E-state index in [1.165, 1.54) is 60.4 Å². The standard InChI is InChI=1S/C19H18N4O6/c1-12-15(19(25)28-3)9-14(29-12)10-21(2)18(24)13-4-5-16(17(8-13)23(26)27)22-7-6-20-11-22/h4-9,11H,10H2,1-3H3. The van der Waals surface area contributed by atoms with Crippen molar-refractivity contribution in [3.63, 3.8) is 0 Å². The van der Waals surface area contributed by atoms with E-state index in [1.807, 2.05) is 0 Å². The van der Waals surface area contributed by atoms with Crippen LogP contribution < -0.4 is 0 Å². The summed E-state index contributed by atoms with van der Waals surface area (Å²) in [6.45, 7) is 1.70. The van der Waals surface area contributed by atoms with Crippen molar-refractivity contribution < 1.29 is 23.7 Å². The van der Waals surface area contributed by atoms with Gasteiger partial charge in [0, 0.05) is 31.1 Å². The maximum Gasteiger partial charge on any atom is 0.341 e. The van der Waals surface area contributed by atoms with Gasteiger partial charge in [0.2, 0.25) is 0 Å². The minimum absolute atomic E-state index is 0.0771. The highest BCUT2D eigenvalue weighted by Crippen LogP contribution is 2.25. The molecule has 1 amide bonds. The highest BCUT2D eigenvalue weighted by Gasteiger charge is 2.22. The fourth-order valence-corrected chi connectivity index (χ4v) is 2.88. The summed E-state index contributed by atoms with van der Waals surface area (Å²) >= 11 is 0. The molecule has 2 heterocycles. The molecule has 0 fully saturated rings. The molecule has 0 bridgehead atoms. The third-order valence-corrected chi connectivity index (χ3v) is 4.32. The number of nitro benzene ring substituents is 1. The number of benzene rings is 1. The highest BCUT2D eigenvalue weighted by molar-refractivity contribution is 5.95. The summed E-state index contributed by atoms with van der Waals surface area (Å²) in [4.78, 5) is 40.6. The summed E-state index contributed by atoms with van der Waals surface area (Å²) in [7, 11) is 2.80. The number of carbonyl (C=O) groups is 2. The van der Waals surface area contributed by atoms with Crippen LogP contribution in [0.25, 0.3) is 5.69 Å². The van der Waals surface area contributed by atoms with Crippen molar-refractivity contribution in [1.82, 2.24) is 14.5 Å². The maximum absolute atomic E-state index is 12.8. The summed E-state index contributed by atoms with van der Waals surface area (Å²) < 4.78 is 11.7. The van der Waals surface area contributed by atoms with Crippen LogP contribution in [-0.2, 0) is 11.3 Å². The lowest BCUT2D eigenvalue weighted by molar-refractivity contribution is -0.384. The van der Waals surface area contributed by atoms with E-state index < -0.39 is 16.8 Å². The normalized spacial score (nSPS) is 10.6. The molecule has 0 N–H and O–H groups in total. The number of hydrogen-bond acceptors (Lipinski definition) is 7. The van der Waals surface area contributed by atoms with Gasteiger partial charge in [0.15, 0.2) is 0 Å². The molecule has 0 spiro atoms. The van der Waals surface area contributed by atoms with Crippen LogP contribution >= 0.6 is 0 Å². The number of amides is 1. The molecule has 3 aromatic rings. The minimum Gasteiger partial charge on any atom is -0.465 e. The number of furan rings is 1. The van der Waals surface area contributed by atoms with Crippen molar-refractivity contribution in [2.75, 3.05) is 14.2 Å². The van der Waals surface area contributed by atoms with E-state index >= 15 is 0 Å². The van der Waals surface area contributed by atoms with Crippen molar-refractivity contribution in [1.29, 1.82) is 0 Å². The topological polar surface area (TPSA) is 121 Å². The first-order valence-corrected chi connectivity index (χ1v) is 8.51. The second kappa shape index (κ2) is 7.97. The molecular formula is C19H18N4O6. The van der Waals surface area contributed by atoms with Crippen molar-refractivity contribution >= 4 is 17.6 Å². The third kappa shape index (κ3) is 4.00. The van der Waals surface area contributed by atoms with E-state index in [9.17, 15) is 19.7 Å². The quantitative estimate of drug-likeness (QED) is 0.355. The van der Waals surface area contributed by atoms with Crippen molar-refractivity contribution in [2.45, 2.75) is 13.5 Å². The molecule has 10 nitrogen and oxygen atoms in total. The van der Waals surface area contributed by atoms with Gasteiger partial charge in [-0.25, -0.2) is 9.78 Å². The molecule has 29 heavy (non-hydrogen) atoms. The molecule has 0 aliphatic rings. The van der Waals surface area contributed by atoms with Crippen LogP contribution in [0.2, 0.25) is 0 Å². The van der Waals surface area contributed by atoms with E-state index in [-0.39, 0.29) is 23.4 Å². The Morgan fingerprint density at radius 2 is 2.10 bits per heavy atom. The zero-order valence-electron chi connectivity index (χ0n) is 16.0. The number of ether oxygens (including phenoxy) is 1. The highest BCUT2D eigenvalue weighted by atomic mass is 16.6. The number of carbonyl (C=O) groups excluding carboxylic acids is 2. The number of esters is 1. The Kier molecular flexibility index (Phi) is 5.44. The molecule has 0 saturated heterocycles. The molecule has 150 valence electrons. The van der Waals surface area contributed by atoms with Crippen LogP contribution in [0.15, 0.2) is 47.4 Å². The predicted molar refractivity (Wildman–Crippen MR) is 101 cm³/mol. The largest absolute Gasteiger partial charge is 0.465 e. The Labute approximate surface area is 165 Å². The van der Waals surface area contributed by atoms with Gasteiger partial charge in [-0.15, -0.1) is 0 Å². The first-order valence-electron chi connectivity index (χ1n) is 8.51. The van der Waals surface area contributed by atoms with Gasteiger partial charge in [-0.3, -0.25) is 14.9 Å². The lowest BCUT2D eigenvalue weighted by atomic mass is 10.1. The molecule has 2 aromatic heterocycles. The van der Waals surface area contributed by atoms with E-state index in [4.69, 9.17) is 4.42 Å². The van der Waals surface area contributed by atoms with Crippen molar-refractivity contribution in [3.05, 3.63) is 75.7 Å². The van der Waals surface area contributed by atoms with Gasteiger partial charge in [-0.1, -0.05) is 0 Å². The van der Waals surface area contributed by atoms with E-state index in [1.54, 1.807) is 13.1 Å². The molecule has 3 rings (SSSR count). The average Bonchev–Trinajstić information content (AvgIpc) is 3.36. The lowest BCUT2D eigenvalue weighted by Crippen LogP contribution is -2.26. The van der Waals surface area contributed by atoms with Gasteiger partial charge >= 0.3 is 5.97 Å². The number of rotatable bonds is 6. The molecule has 1 aromatic carbocycles. The Hall–Kier alpha value is -3.95. The number of imidazole rings is 1. The lowest BCUT2D eigenvalue weighted by Gasteiger charge is -2.16. The summed E-state index contributed by atoms with van der Waals surface area (Å²) in [5.41, 5.74) is 0.517. The summed E-state index contributed by atoms with van der Waals surface area (Å²) in [5.74, 6) is -0.188. The van der Waals surface area contributed by atoms with Crippen LogP contribution in [0.1, 0.15) is 32.2 Å². The zero-order valence-corrected chi connectivity index (χ0v) is 16.0. The first kappa shape index (κ1) is 19.8. The van der Waals surface area contributed by atoms with Gasteiger partial charge in [-0.05, 0) is 25.1 Å².